The molecular weight excluding hydrogens is 442 g/mol. The summed E-state index contributed by atoms with van der Waals surface area (Å²) >= 11 is 0. The molecule has 13 heteroatoms. The van der Waals surface area contributed by atoms with Crippen molar-refractivity contribution in [3.05, 3.63) is 34.9 Å². The number of hydrogen-bond acceptors (Lipinski definition) is 6. The molecule has 6 nitrogen and oxygen atoms in total. The van der Waals surface area contributed by atoms with Gasteiger partial charge in [0.25, 0.3) is 17.9 Å². The second kappa shape index (κ2) is 9.49. The van der Waals surface area contributed by atoms with Crippen molar-refractivity contribution in [1.29, 1.82) is 0 Å². The lowest BCUT2D eigenvalue weighted by Gasteiger charge is -2.26. The molecule has 0 aliphatic heterocycles. The zero-order valence-corrected chi connectivity index (χ0v) is 17.1. The van der Waals surface area contributed by atoms with Crippen molar-refractivity contribution in [1.82, 2.24) is 0 Å². The van der Waals surface area contributed by atoms with Gasteiger partial charge in [-0.05, 0) is 36.6 Å². The first-order chi connectivity index (χ1) is 13.5. The third kappa shape index (κ3) is 8.04. The van der Waals surface area contributed by atoms with E-state index in [1.54, 1.807) is 0 Å². The number of aryl methyl sites for hydroxylation is 1. The standard InChI is InChI=1S/C17H18F6O6Si/c1-10(24)27-30(28-11(2)25,29-12(3)26)6-4-5-13-7-14(16(18,19)20)9-15(8-13)17(21,22)23/h7-9H,4-6H2,1-3H3. The highest BCUT2D eigenvalue weighted by Gasteiger charge is 2.51. The van der Waals surface area contributed by atoms with E-state index in [0.29, 0.717) is 12.1 Å². The van der Waals surface area contributed by atoms with E-state index in [4.69, 9.17) is 13.3 Å². The van der Waals surface area contributed by atoms with Crippen LogP contribution in [0.3, 0.4) is 0 Å². The van der Waals surface area contributed by atoms with Gasteiger partial charge in [0.2, 0.25) is 0 Å². The number of halogens is 6. The molecule has 0 fully saturated rings. The number of alkyl halides is 6. The fourth-order valence-corrected chi connectivity index (χ4v) is 4.90. The summed E-state index contributed by atoms with van der Waals surface area (Å²) in [6.45, 7) is 2.87. The zero-order chi connectivity index (χ0) is 23.3. The van der Waals surface area contributed by atoms with Crippen LogP contribution in [0.2, 0.25) is 6.04 Å². The molecule has 0 atom stereocenters. The van der Waals surface area contributed by atoms with Crippen LogP contribution in [0.15, 0.2) is 18.2 Å². The molecule has 0 amide bonds. The Morgan fingerprint density at radius 1 is 0.767 bits per heavy atom. The van der Waals surface area contributed by atoms with Crippen LogP contribution in [0.4, 0.5) is 26.3 Å². The minimum absolute atomic E-state index is 0.000864. The summed E-state index contributed by atoms with van der Waals surface area (Å²) < 4.78 is 92.4. The van der Waals surface area contributed by atoms with Crippen LogP contribution in [-0.2, 0) is 46.4 Å². The lowest BCUT2D eigenvalue weighted by atomic mass is 10.0. The molecule has 1 aromatic carbocycles. The van der Waals surface area contributed by atoms with Crippen molar-refractivity contribution in [3.8, 4) is 0 Å². The lowest BCUT2D eigenvalue weighted by molar-refractivity contribution is -0.148. The maximum Gasteiger partial charge on any atom is 0.705 e. The summed E-state index contributed by atoms with van der Waals surface area (Å²) in [6.07, 6.45) is -10.5. The Kier molecular flexibility index (Phi) is 8.06. The predicted molar refractivity (Wildman–Crippen MR) is 90.6 cm³/mol. The van der Waals surface area contributed by atoms with Gasteiger partial charge in [-0.1, -0.05) is 0 Å². The van der Waals surface area contributed by atoms with Crippen LogP contribution in [-0.4, -0.2) is 26.7 Å². The van der Waals surface area contributed by atoms with E-state index in [-0.39, 0.29) is 30.5 Å². The van der Waals surface area contributed by atoms with E-state index in [2.05, 4.69) is 0 Å². The Labute approximate surface area is 168 Å². The summed E-state index contributed by atoms with van der Waals surface area (Å²) in [6, 6.07) is 0.729. The van der Waals surface area contributed by atoms with Gasteiger partial charge in [0.1, 0.15) is 0 Å². The molecule has 168 valence electrons. The van der Waals surface area contributed by atoms with Crippen LogP contribution >= 0.6 is 0 Å². The van der Waals surface area contributed by atoms with E-state index in [1.165, 1.54) is 0 Å². The molecule has 0 unspecified atom stereocenters. The highest BCUT2D eigenvalue weighted by Crippen LogP contribution is 2.36. The molecule has 0 aliphatic rings. The summed E-state index contributed by atoms with van der Waals surface area (Å²) in [5.74, 6) is -2.83. The fourth-order valence-electron chi connectivity index (χ4n) is 2.55. The first-order valence-corrected chi connectivity index (χ1v) is 10.3. The molecule has 0 radical (unpaired) electrons. The fraction of sp³-hybridized carbons (Fsp3) is 0.471. The first kappa shape index (κ1) is 25.5. The van der Waals surface area contributed by atoms with Crippen LogP contribution in [0, 0.1) is 0 Å². The molecule has 0 aromatic heterocycles. The number of carbonyl (C=O) groups excluding carboxylic acids is 3. The number of hydrogen-bond donors (Lipinski definition) is 0. The highest BCUT2D eigenvalue weighted by molar-refractivity contribution is 6.65. The minimum Gasteiger partial charge on any atom is -0.455 e. The summed E-state index contributed by atoms with van der Waals surface area (Å²) in [5, 5.41) is 0. The van der Waals surface area contributed by atoms with Crippen molar-refractivity contribution in [2.75, 3.05) is 0 Å². The van der Waals surface area contributed by atoms with Gasteiger partial charge in [0.15, 0.2) is 0 Å². The summed E-state index contributed by atoms with van der Waals surface area (Å²) in [4.78, 5) is 34.0. The van der Waals surface area contributed by atoms with Crippen LogP contribution < -0.4 is 0 Å². The molecule has 0 N–H and O–H groups in total. The van der Waals surface area contributed by atoms with E-state index in [9.17, 15) is 40.7 Å². The van der Waals surface area contributed by atoms with Gasteiger partial charge in [0.05, 0.1) is 17.2 Å². The quantitative estimate of drug-likeness (QED) is 0.446. The molecule has 0 saturated heterocycles. The molecule has 0 heterocycles. The van der Waals surface area contributed by atoms with Crippen molar-refractivity contribution in [2.45, 2.75) is 52.0 Å². The third-order valence-corrected chi connectivity index (χ3v) is 6.25. The van der Waals surface area contributed by atoms with Crippen LogP contribution in [0.25, 0.3) is 0 Å². The SMILES string of the molecule is CC(=O)O[Si](CCCc1cc(C(F)(F)F)cc(C(F)(F)F)c1)(OC(C)=O)OC(C)=O. The Morgan fingerprint density at radius 3 is 1.43 bits per heavy atom. The van der Waals surface area contributed by atoms with Crippen molar-refractivity contribution < 1.29 is 54.0 Å². The second-order valence-corrected chi connectivity index (χ2v) is 8.71. The molecule has 0 saturated carbocycles. The van der Waals surface area contributed by atoms with E-state index in [1.807, 2.05) is 0 Å². The minimum atomic E-state index is -5.00. The molecule has 30 heavy (non-hydrogen) atoms. The molecule has 1 rings (SSSR count). The van der Waals surface area contributed by atoms with Gasteiger partial charge < -0.3 is 13.3 Å². The number of carbonyl (C=O) groups is 3. The molecule has 0 spiro atoms. The van der Waals surface area contributed by atoms with E-state index >= 15 is 0 Å². The van der Waals surface area contributed by atoms with Gasteiger partial charge in [0, 0.05) is 20.8 Å². The average Bonchev–Trinajstić information content (AvgIpc) is 2.50. The van der Waals surface area contributed by atoms with Crippen LogP contribution in [0.5, 0.6) is 0 Å². The summed E-state index contributed by atoms with van der Waals surface area (Å²) in [7, 11) is -4.23. The smallest absolute Gasteiger partial charge is 0.455 e. The van der Waals surface area contributed by atoms with E-state index in [0.717, 1.165) is 20.8 Å². The Morgan fingerprint density at radius 2 is 1.13 bits per heavy atom. The number of rotatable bonds is 7. The van der Waals surface area contributed by atoms with Crippen molar-refractivity contribution >= 4 is 26.7 Å². The van der Waals surface area contributed by atoms with Gasteiger partial charge in [-0.15, -0.1) is 0 Å². The average molecular weight is 460 g/mol. The molecule has 1 aromatic rings. The Hall–Kier alpha value is -2.57. The normalized spacial score (nSPS) is 12.3. The van der Waals surface area contributed by atoms with E-state index < -0.39 is 50.2 Å². The third-order valence-electron chi connectivity index (χ3n) is 3.49. The Balaban J connectivity index is 3.16. The van der Waals surface area contributed by atoms with Gasteiger partial charge in [-0.3, -0.25) is 14.4 Å². The maximum atomic E-state index is 12.9. The molecule has 0 bridgehead atoms. The highest BCUT2D eigenvalue weighted by atomic mass is 28.4. The van der Waals surface area contributed by atoms with Gasteiger partial charge in [-0.25, -0.2) is 0 Å². The second-order valence-electron chi connectivity index (χ2n) is 6.23. The van der Waals surface area contributed by atoms with Crippen molar-refractivity contribution in [3.63, 3.8) is 0 Å². The van der Waals surface area contributed by atoms with Crippen LogP contribution in [0.1, 0.15) is 43.9 Å². The topological polar surface area (TPSA) is 78.9 Å². The largest absolute Gasteiger partial charge is 0.705 e. The Bertz CT molecular complexity index is 732. The van der Waals surface area contributed by atoms with Gasteiger partial charge >= 0.3 is 21.2 Å². The van der Waals surface area contributed by atoms with Gasteiger partial charge in [-0.2, -0.15) is 26.3 Å². The molecular formula is C17H18F6O6Si. The first-order valence-electron chi connectivity index (χ1n) is 8.41. The maximum absolute atomic E-state index is 12.9. The van der Waals surface area contributed by atoms with Crippen molar-refractivity contribution in [2.24, 2.45) is 0 Å². The zero-order valence-electron chi connectivity index (χ0n) is 16.1. The lowest BCUT2D eigenvalue weighted by Crippen LogP contribution is -2.49. The number of benzene rings is 1. The monoisotopic (exact) mass is 460 g/mol. The molecule has 0 aliphatic carbocycles. The predicted octanol–water partition coefficient (Wildman–Crippen LogP) is 4.29. The summed E-state index contributed by atoms with van der Waals surface area (Å²) in [5.41, 5.74) is -3.25.